The molecule has 1 aliphatic rings. The molecule has 0 fully saturated rings. The standard InChI is InChI=1S/C27H23BrClN3O5/c1-3-4-25-31-21-7-6-18(28)12-19(21)27(33)32(25)30-13-17-9-20(29)26(24(11-17)34-2)35-14-16-5-8-22-23(10-16)37-15-36-22/h5-13H,3-4,14-15H2,1-2H3. The third-order valence-electron chi connectivity index (χ3n) is 5.74. The van der Waals surface area contributed by atoms with Crippen LogP contribution in [-0.4, -0.2) is 29.8 Å². The molecule has 0 N–H and O–H groups in total. The van der Waals surface area contributed by atoms with Gasteiger partial charge in [0.2, 0.25) is 6.79 Å². The van der Waals surface area contributed by atoms with E-state index in [9.17, 15) is 4.79 Å². The summed E-state index contributed by atoms with van der Waals surface area (Å²) in [6.45, 7) is 2.49. The van der Waals surface area contributed by atoms with Crippen LogP contribution in [0.15, 0.2) is 62.9 Å². The Morgan fingerprint density at radius 2 is 2.00 bits per heavy atom. The van der Waals surface area contributed by atoms with Crippen LogP contribution in [0.4, 0.5) is 0 Å². The second-order valence-electron chi connectivity index (χ2n) is 8.31. The van der Waals surface area contributed by atoms with Gasteiger partial charge in [-0.2, -0.15) is 9.78 Å². The fourth-order valence-electron chi connectivity index (χ4n) is 3.96. The van der Waals surface area contributed by atoms with Crippen molar-refractivity contribution in [1.82, 2.24) is 9.66 Å². The average molecular weight is 585 g/mol. The van der Waals surface area contributed by atoms with Crippen LogP contribution < -0.4 is 24.5 Å². The van der Waals surface area contributed by atoms with Gasteiger partial charge < -0.3 is 18.9 Å². The van der Waals surface area contributed by atoms with Crippen LogP contribution in [-0.2, 0) is 13.0 Å². The highest BCUT2D eigenvalue weighted by molar-refractivity contribution is 9.10. The summed E-state index contributed by atoms with van der Waals surface area (Å²) in [7, 11) is 1.54. The molecule has 2 heterocycles. The average Bonchev–Trinajstić information content (AvgIpc) is 3.36. The summed E-state index contributed by atoms with van der Waals surface area (Å²) >= 11 is 9.99. The highest BCUT2D eigenvalue weighted by atomic mass is 79.9. The summed E-state index contributed by atoms with van der Waals surface area (Å²) in [5.41, 5.74) is 1.93. The van der Waals surface area contributed by atoms with E-state index in [4.69, 9.17) is 30.5 Å². The van der Waals surface area contributed by atoms with E-state index < -0.39 is 0 Å². The first kappa shape index (κ1) is 25.1. The molecule has 1 aromatic heterocycles. The Balaban J connectivity index is 1.43. The third kappa shape index (κ3) is 5.28. The Morgan fingerprint density at radius 3 is 2.81 bits per heavy atom. The van der Waals surface area contributed by atoms with Crippen molar-refractivity contribution in [3.8, 4) is 23.0 Å². The van der Waals surface area contributed by atoms with Gasteiger partial charge in [0, 0.05) is 10.9 Å². The molecule has 0 bridgehead atoms. The predicted molar refractivity (Wildman–Crippen MR) is 146 cm³/mol. The molecular formula is C27H23BrClN3O5. The van der Waals surface area contributed by atoms with Gasteiger partial charge in [-0.15, -0.1) is 0 Å². The van der Waals surface area contributed by atoms with Gasteiger partial charge in [-0.3, -0.25) is 4.79 Å². The first-order valence-electron chi connectivity index (χ1n) is 11.6. The van der Waals surface area contributed by atoms with Crippen LogP contribution in [0.2, 0.25) is 5.02 Å². The van der Waals surface area contributed by atoms with E-state index >= 15 is 0 Å². The molecule has 5 rings (SSSR count). The molecule has 0 saturated carbocycles. The van der Waals surface area contributed by atoms with E-state index in [1.165, 1.54) is 11.8 Å². The second kappa shape index (κ2) is 10.8. The molecule has 0 aliphatic carbocycles. The number of ether oxygens (including phenoxy) is 4. The molecule has 4 aromatic rings. The minimum atomic E-state index is -0.243. The monoisotopic (exact) mass is 583 g/mol. The lowest BCUT2D eigenvalue weighted by Gasteiger charge is -2.14. The molecule has 0 saturated heterocycles. The number of halogens is 2. The molecule has 190 valence electrons. The number of hydrogen-bond donors (Lipinski definition) is 0. The minimum absolute atomic E-state index is 0.210. The summed E-state index contributed by atoms with van der Waals surface area (Å²) in [5.74, 6) is 2.81. The molecular weight excluding hydrogens is 562 g/mol. The van der Waals surface area contributed by atoms with Crippen molar-refractivity contribution < 1.29 is 18.9 Å². The number of nitrogens with zero attached hydrogens (tertiary/aromatic N) is 3. The molecule has 1 aliphatic heterocycles. The van der Waals surface area contributed by atoms with Crippen LogP contribution in [0.5, 0.6) is 23.0 Å². The SMILES string of the molecule is CCCc1nc2ccc(Br)cc2c(=O)n1N=Cc1cc(Cl)c(OCc2ccc3c(c2)OCO3)c(OC)c1. The van der Waals surface area contributed by atoms with Gasteiger partial charge in [-0.05, 0) is 60.0 Å². The number of rotatable bonds is 8. The normalized spacial score (nSPS) is 12.4. The number of hydrogen-bond acceptors (Lipinski definition) is 7. The Morgan fingerprint density at radius 1 is 1.16 bits per heavy atom. The Labute approximate surface area is 226 Å². The van der Waals surface area contributed by atoms with E-state index in [0.717, 1.165) is 16.5 Å². The summed E-state index contributed by atoms with van der Waals surface area (Å²) in [6, 6.07) is 14.5. The second-order valence-corrected chi connectivity index (χ2v) is 9.63. The lowest BCUT2D eigenvalue weighted by atomic mass is 10.2. The zero-order chi connectivity index (χ0) is 25.9. The number of fused-ring (bicyclic) bond motifs is 2. The summed E-state index contributed by atoms with van der Waals surface area (Å²) in [6.07, 6.45) is 2.98. The van der Waals surface area contributed by atoms with Gasteiger partial charge in [-0.1, -0.05) is 40.5 Å². The molecule has 3 aromatic carbocycles. The maximum absolute atomic E-state index is 13.2. The van der Waals surface area contributed by atoms with Crippen molar-refractivity contribution in [2.45, 2.75) is 26.4 Å². The van der Waals surface area contributed by atoms with Crippen LogP contribution in [0, 0.1) is 0 Å². The Hall–Kier alpha value is -3.56. The molecule has 0 amide bonds. The predicted octanol–water partition coefficient (Wildman–Crippen LogP) is 5.96. The van der Waals surface area contributed by atoms with Crippen molar-refractivity contribution in [3.05, 3.63) is 85.3 Å². The van der Waals surface area contributed by atoms with E-state index in [1.807, 2.05) is 37.3 Å². The van der Waals surface area contributed by atoms with Crippen LogP contribution in [0.1, 0.15) is 30.3 Å². The smallest absolute Gasteiger partial charge is 0.282 e. The highest BCUT2D eigenvalue weighted by Gasteiger charge is 2.16. The summed E-state index contributed by atoms with van der Waals surface area (Å²) < 4.78 is 24.4. The Kier molecular flexibility index (Phi) is 7.34. The van der Waals surface area contributed by atoms with Crippen molar-refractivity contribution in [2.75, 3.05) is 13.9 Å². The molecule has 0 unspecified atom stereocenters. The number of methoxy groups -OCH3 is 1. The topological polar surface area (TPSA) is 84.2 Å². The quantitative estimate of drug-likeness (QED) is 0.238. The van der Waals surface area contributed by atoms with E-state index in [2.05, 4.69) is 26.0 Å². The largest absolute Gasteiger partial charge is 0.493 e. The first-order chi connectivity index (χ1) is 18.0. The van der Waals surface area contributed by atoms with E-state index in [0.29, 0.717) is 56.7 Å². The van der Waals surface area contributed by atoms with Gasteiger partial charge >= 0.3 is 0 Å². The molecule has 0 atom stereocenters. The molecule has 0 radical (unpaired) electrons. The first-order valence-corrected chi connectivity index (χ1v) is 12.8. The van der Waals surface area contributed by atoms with Gasteiger partial charge in [-0.25, -0.2) is 4.98 Å². The van der Waals surface area contributed by atoms with Gasteiger partial charge in [0.25, 0.3) is 5.56 Å². The Bertz CT molecular complexity index is 1570. The van der Waals surface area contributed by atoms with Crippen LogP contribution in [0.25, 0.3) is 10.9 Å². The van der Waals surface area contributed by atoms with E-state index in [-0.39, 0.29) is 19.0 Å². The fourth-order valence-corrected chi connectivity index (χ4v) is 4.60. The van der Waals surface area contributed by atoms with E-state index in [1.54, 1.807) is 24.4 Å². The van der Waals surface area contributed by atoms with Gasteiger partial charge in [0.05, 0.1) is 29.2 Å². The molecule has 8 nitrogen and oxygen atoms in total. The van der Waals surface area contributed by atoms with Crippen molar-refractivity contribution in [3.63, 3.8) is 0 Å². The number of aromatic nitrogens is 2. The van der Waals surface area contributed by atoms with Crippen LogP contribution in [0.3, 0.4) is 0 Å². The zero-order valence-corrected chi connectivity index (χ0v) is 22.5. The van der Waals surface area contributed by atoms with Crippen molar-refractivity contribution in [2.24, 2.45) is 5.10 Å². The zero-order valence-electron chi connectivity index (χ0n) is 20.2. The fraction of sp³-hybridized carbons (Fsp3) is 0.222. The molecule has 0 spiro atoms. The van der Waals surface area contributed by atoms with Gasteiger partial charge in [0.15, 0.2) is 23.0 Å². The highest BCUT2D eigenvalue weighted by Crippen LogP contribution is 2.38. The maximum Gasteiger partial charge on any atom is 0.282 e. The lowest BCUT2D eigenvalue weighted by Crippen LogP contribution is -2.22. The number of benzene rings is 3. The molecule has 37 heavy (non-hydrogen) atoms. The lowest BCUT2D eigenvalue weighted by molar-refractivity contribution is 0.174. The summed E-state index contributed by atoms with van der Waals surface area (Å²) in [4.78, 5) is 17.9. The molecule has 10 heteroatoms. The van der Waals surface area contributed by atoms with Crippen molar-refractivity contribution >= 4 is 44.6 Å². The summed E-state index contributed by atoms with van der Waals surface area (Å²) in [5, 5.41) is 5.30. The maximum atomic E-state index is 13.2. The van der Waals surface area contributed by atoms with Gasteiger partial charge in [0.1, 0.15) is 12.4 Å². The minimum Gasteiger partial charge on any atom is -0.493 e. The van der Waals surface area contributed by atoms with Crippen molar-refractivity contribution in [1.29, 1.82) is 0 Å². The third-order valence-corrected chi connectivity index (χ3v) is 6.52. The number of aryl methyl sites for hydroxylation is 1. The van der Waals surface area contributed by atoms with Crippen LogP contribution >= 0.6 is 27.5 Å².